The highest BCUT2D eigenvalue weighted by molar-refractivity contribution is 7.71. The van der Waals surface area contributed by atoms with Crippen molar-refractivity contribution in [2.24, 2.45) is 5.92 Å². The van der Waals surface area contributed by atoms with Crippen molar-refractivity contribution >= 4 is 12.2 Å². The third-order valence-corrected chi connectivity index (χ3v) is 2.14. The summed E-state index contributed by atoms with van der Waals surface area (Å²) in [6.45, 7) is 6.46. The molecule has 0 aliphatic carbocycles. The second-order valence-corrected chi connectivity index (χ2v) is 3.47. The number of nitrogens with zero attached hydrogens (tertiary/aromatic N) is 1. The molecule has 1 unspecified atom stereocenters. The lowest BCUT2D eigenvalue weighted by molar-refractivity contribution is 0.512. The van der Waals surface area contributed by atoms with Gasteiger partial charge in [-0.2, -0.15) is 0 Å². The first-order valence-corrected chi connectivity index (χ1v) is 4.16. The number of hydrogen-bond donors (Lipinski definition) is 2. The minimum atomic E-state index is 0.433. The summed E-state index contributed by atoms with van der Waals surface area (Å²) in [5.41, 5.74) is 0. The molecule has 0 aliphatic heterocycles. The molecule has 1 aromatic rings. The quantitative estimate of drug-likeness (QED) is 0.670. The van der Waals surface area contributed by atoms with E-state index < -0.39 is 0 Å². The first kappa shape index (κ1) is 8.46. The Bertz CT molecular complexity index is 273. The Balaban J connectivity index is 2.84. The van der Waals surface area contributed by atoms with Crippen molar-refractivity contribution in [1.29, 1.82) is 0 Å². The second kappa shape index (κ2) is 3.17. The van der Waals surface area contributed by atoms with E-state index in [1.54, 1.807) is 0 Å². The van der Waals surface area contributed by atoms with Gasteiger partial charge in [-0.25, -0.2) is 4.98 Å². The SMILES string of the molecule is CC(C)C(C)c1nc(=S)[nH][nH]1. The lowest BCUT2D eigenvalue weighted by Crippen LogP contribution is -2.03. The molecule has 11 heavy (non-hydrogen) atoms. The van der Waals surface area contributed by atoms with E-state index in [9.17, 15) is 0 Å². The van der Waals surface area contributed by atoms with Crippen molar-refractivity contribution in [2.45, 2.75) is 26.7 Å². The van der Waals surface area contributed by atoms with Gasteiger partial charge in [0.1, 0.15) is 5.82 Å². The van der Waals surface area contributed by atoms with Crippen LogP contribution < -0.4 is 0 Å². The molecule has 0 aliphatic rings. The molecule has 0 saturated heterocycles. The summed E-state index contributed by atoms with van der Waals surface area (Å²) in [5.74, 6) is 1.97. The Morgan fingerprint density at radius 3 is 2.27 bits per heavy atom. The fourth-order valence-electron chi connectivity index (χ4n) is 0.814. The van der Waals surface area contributed by atoms with Gasteiger partial charge >= 0.3 is 0 Å². The minimum absolute atomic E-state index is 0.433. The normalized spacial score (nSPS) is 13.8. The highest BCUT2D eigenvalue weighted by Crippen LogP contribution is 2.18. The van der Waals surface area contributed by atoms with E-state index in [-0.39, 0.29) is 0 Å². The molecule has 4 heteroatoms. The number of H-pyrrole nitrogens is 2. The molecule has 2 N–H and O–H groups in total. The Morgan fingerprint density at radius 2 is 1.91 bits per heavy atom. The van der Waals surface area contributed by atoms with Crippen LogP contribution in [0.25, 0.3) is 0 Å². The Hall–Kier alpha value is -0.640. The standard InChI is InChI=1S/C7H13N3S/c1-4(2)5(3)6-8-7(11)10-9-6/h4-5H,1-3H3,(H2,8,9,10,11). The molecule has 0 aromatic carbocycles. The molecule has 0 bridgehead atoms. The van der Waals surface area contributed by atoms with Gasteiger partial charge < -0.3 is 0 Å². The molecule has 3 nitrogen and oxygen atoms in total. The summed E-state index contributed by atoms with van der Waals surface area (Å²) < 4.78 is 0.535. The summed E-state index contributed by atoms with van der Waals surface area (Å²) in [7, 11) is 0. The fraction of sp³-hybridized carbons (Fsp3) is 0.714. The maximum atomic E-state index is 4.84. The third kappa shape index (κ3) is 1.89. The third-order valence-electron chi connectivity index (χ3n) is 1.95. The van der Waals surface area contributed by atoms with Crippen LogP contribution in [0.3, 0.4) is 0 Å². The predicted molar refractivity (Wildman–Crippen MR) is 47.0 cm³/mol. The number of aromatic nitrogens is 3. The second-order valence-electron chi connectivity index (χ2n) is 3.08. The maximum absolute atomic E-state index is 4.84. The summed E-state index contributed by atoms with van der Waals surface area (Å²) in [6.07, 6.45) is 0. The van der Waals surface area contributed by atoms with Crippen LogP contribution >= 0.6 is 12.2 Å². The topological polar surface area (TPSA) is 44.5 Å². The van der Waals surface area contributed by atoms with Gasteiger partial charge in [0.15, 0.2) is 0 Å². The molecule has 1 atom stereocenters. The molecule has 1 heterocycles. The van der Waals surface area contributed by atoms with E-state index in [2.05, 4.69) is 36.0 Å². The largest absolute Gasteiger partial charge is 0.285 e. The lowest BCUT2D eigenvalue weighted by Gasteiger charge is -2.10. The van der Waals surface area contributed by atoms with Crippen LogP contribution in [-0.2, 0) is 0 Å². The van der Waals surface area contributed by atoms with Crippen molar-refractivity contribution in [3.63, 3.8) is 0 Å². The van der Waals surface area contributed by atoms with Crippen LogP contribution in [-0.4, -0.2) is 15.2 Å². The highest BCUT2D eigenvalue weighted by atomic mass is 32.1. The molecule has 0 saturated carbocycles. The lowest BCUT2D eigenvalue weighted by atomic mass is 9.98. The van der Waals surface area contributed by atoms with Gasteiger partial charge in [-0.1, -0.05) is 20.8 Å². The Morgan fingerprint density at radius 1 is 1.27 bits per heavy atom. The van der Waals surface area contributed by atoms with Crippen LogP contribution in [0.2, 0.25) is 0 Å². The molecule has 0 radical (unpaired) electrons. The van der Waals surface area contributed by atoms with Crippen molar-refractivity contribution < 1.29 is 0 Å². The zero-order valence-corrected chi connectivity index (χ0v) is 7.83. The van der Waals surface area contributed by atoms with Crippen LogP contribution in [0.5, 0.6) is 0 Å². The van der Waals surface area contributed by atoms with Gasteiger partial charge in [-0.05, 0) is 18.1 Å². The fourth-order valence-corrected chi connectivity index (χ4v) is 0.964. The first-order valence-electron chi connectivity index (χ1n) is 3.76. The first-order chi connectivity index (χ1) is 5.11. The molecular weight excluding hydrogens is 158 g/mol. The molecule has 0 amide bonds. The zero-order valence-electron chi connectivity index (χ0n) is 7.01. The number of hydrogen-bond acceptors (Lipinski definition) is 2. The number of nitrogens with one attached hydrogen (secondary N) is 2. The Kier molecular flexibility index (Phi) is 2.44. The molecule has 1 rings (SSSR count). The zero-order chi connectivity index (χ0) is 8.43. The van der Waals surface area contributed by atoms with Crippen molar-refractivity contribution in [3.05, 3.63) is 10.6 Å². The van der Waals surface area contributed by atoms with E-state index >= 15 is 0 Å². The molecule has 1 aromatic heterocycles. The summed E-state index contributed by atoms with van der Waals surface area (Å²) in [6, 6.07) is 0. The number of rotatable bonds is 2. The van der Waals surface area contributed by atoms with Gasteiger partial charge in [-0.15, -0.1) is 0 Å². The molecule has 62 valence electrons. The van der Waals surface area contributed by atoms with E-state index in [1.165, 1.54) is 0 Å². The van der Waals surface area contributed by atoms with E-state index in [4.69, 9.17) is 12.2 Å². The number of aromatic amines is 2. The van der Waals surface area contributed by atoms with Gasteiger partial charge in [0.05, 0.1) is 0 Å². The maximum Gasteiger partial charge on any atom is 0.213 e. The summed E-state index contributed by atoms with van der Waals surface area (Å²) >= 11 is 4.84. The smallest absolute Gasteiger partial charge is 0.213 e. The van der Waals surface area contributed by atoms with Gasteiger partial charge in [0.25, 0.3) is 0 Å². The predicted octanol–water partition coefficient (Wildman–Crippen LogP) is 2.23. The molecular formula is C7H13N3S. The minimum Gasteiger partial charge on any atom is -0.285 e. The Labute approximate surface area is 71.2 Å². The summed E-state index contributed by atoms with van der Waals surface area (Å²) in [4.78, 5) is 4.14. The van der Waals surface area contributed by atoms with Crippen LogP contribution in [0.4, 0.5) is 0 Å². The highest BCUT2D eigenvalue weighted by Gasteiger charge is 2.11. The van der Waals surface area contributed by atoms with E-state index in [1.807, 2.05) is 0 Å². The van der Waals surface area contributed by atoms with Gasteiger partial charge in [-0.3, -0.25) is 10.2 Å². The van der Waals surface area contributed by atoms with Gasteiger partial charge in [0.2, 0.25) is 4.77 Å². The van der Waals surface area contributed by atoms with Crippen LogP contribution in [0, 0.1) is 10.7 Å². The van der Waals surface area contributed by atoms with Gasteiger partial charge in [0, 0.05) is 5.92 Å². The van der Waals surface area contributed by atoms with Crippen molar-refractivity contribution in [2.75, 3.05) is 0 Å². The molecule has 0 fully saturated rings. The average Bonchev–Trinajstić information content (AvgIpc) is 2.34. The van der Waals surface area contributed by atoms with Crippen LogP contribution in [0.15, 0.2) is 0 Å². The van der Waals surface area contributed by atoms with Crippen LogP contribution in [0.1, 0.15) is 32.5 Å². The van der Waals surface area contributed by atoms with E-state index in [0.717, 1.165) is 5.82 Å². The monoisotopic (exact) mass is 171 g/mol. The van der Waals surface area contributed by atoms with Crippen molar-refractivity contribution in [1.82, 2.24) is 15.2 Å². The average molecular weight is 171 g/mol. The summed E-state index contributed by atoms with van der Waals surface area (Å²) in [5, 5.41) is 5.73. The van der Waals surface area contributed by atoms with Crippen molar-refractivity contribution in [3.8, 4) is 0 Å². The van der Waals surface area contributed by atoms with E-state index in [0.29, 0.717) is 16.6 Å². The molecule has 0 spiro atoms.